The Bertz CT molecular complexity index is 159. The maximum atomic E-state index is 10.3. The van der Waals surface area contributed by atoms with Gasteiger partial charge in [-0.1, -0.05) is 0 Å². The summed E-state index contributed by atoms with van der Waals surface area (Å²) in [5.74, 6) is 0. The van der Waals surface area contributed by atoms with Crippen LogP contribution in [0.25, 0.3) is 0 Å². The summed E-state index contributed by atoms with van der Waals surface area (Å²) in [7, 11) is 4.21. The van der Waals surface area contributed by atoms with Crippen LogP contribution in [0.15, 0.2) is 0 Å². The summed E-state index contributed by atoms with van der Waals surface area (Å²) in [6.07, 6.45) is 4.28. The Morgan fingerprint density at radius 1 is 1.54 bits per heavy atom. The van der Waals surface area contributed by atoms with Gasteiger partial charge >= 0.3 is 0 Å². The standard InChI is InChI=1S/C10H20N2O/c1-11(2)9-10-5-3-6-12(10)7-4-8-13/h8,10H,3-7,9H2,1-2H3. The second kappa shape index (κ2) is 5.35. The Hall–Kier alpha value is -0.410. The largest absolute Gasteiger partial charge is 0.308 e. The molecule has 0 saturated carbocycles. The Labute approximate surface area is 80.7 Å². The molecule has 0 aromatic rings. The highest BCUT2D eigenvalue weighted by Gasteiger charge is 2.23. The van der Waals surface area contributed by atoms with Gasteiger partial charge in [-0.05, 0) is 33.5 Å². The summed E-state index contributed by atoms with van der Waals surface area (Å²) in [6, 6.07) is 0.676. The molecule has 1 heterocycles. The predicted molar refractivity (Wildman–Crippen MR) is 53.8 cm³/mol. The van der Waals surface area contributed by atoms with Gasteiger partial charge in [-0.3, -0.25) is 4.90 Å². The van der Waals surface area contributed by atoms with Crippen molar-refractivity contribution in [1.29, 1.82) is 0 Å². The third-order valence-electron chi connectivity index (χ3n) is 2.61. The lowest BCUT2D eigenvalue weighted by Crippen LogP contribution is -2.38. The summed E-state index contributed by atoms with van der Waals surface area (Å²) < 4.78 is 0. The van der Waals surface area contributed by atoms with Crippen molar-refractivity contribution in [2.24, 2.45) is 0 Å². The number of aldehydes is 1. The zero-order valence-corrected chi connectivity index (χ0v) is 8.70. The van der Waals surface area contributed by atoms with E-state index in [2.05, 4.69) is 23.9 Å². The molecule has 1 unspecified atom stereocenters. The first-order valence-corrected chi connectivity index (χ1v) is 5.06. The van der Waals surface area contributed by atoms with Crippen LogP contribution < -0.4 is 0 Å². The summed E-state index contributed by atoms with van der Waals surface area (Å²) >= 11 is 0. The summed E-state index contributed by atoms with van der Waals surface area (Å²) in [5.41, 5.74) is 0. The first-order valence-electron chi connectivity index (χ1n) is 5.06. The van der Waals surface area contributed by atoms with Crippen LogP contribution in [-0.4, -0.2) is 55.9 Å². The van der Waals surface area contributed by atoms with Gasteiger partial charge in [0.05, 0.1) is 0 Å². The molecule has 1 fully saturated rings. The molecule has 0 spiro atoms. The van der Waals surface area contributed by atoms with Crippen molar-refractivity contribution in [3.05, 3.63) is 0 Å². The van der Waals surface area contributed by atoms with Crippen molar-refractivity contribution in [3.8, 4) is 0 Å². The van der Waals surface area contributed by atoms with E-state index in [0.717, 1.165) is 19.4 Å². The van der Waals surface area contributed by atoms with Crippen LogP contribution >= 0.6 is 0 Å². The lowest BCUT2D eigenvalue weighted by molar-refractivity contribution is -0.108. The molecular weight excluding hydrogens is 164 g/mol. The quantitative estimate of drug-likeness (QED) is 0.585. The van der Waals surface area contributed by atoms with Crippen molar-refractivity contribution >= 4 is 6.29 Å². The molecule has 0 aliphatic carbocycles. The molecule has 76 valence electrons. The first-order chi connectivity index (χ1) is 6.24. The number of likely N-dealkylation sites (N-methyl/N-ethyl adjacent to an activating group) is 1. The van der Waals surface area contributed by atoms with E-state index in [1.165, 1.54) is 19.4 Å². The predicted octanol–water partition coefficient (Wildman–Crippen LogP) is 0.601. The molecule has 1 atom stereocenters. The molecule has 1 saturated heterocycles. The molecule has 0 aromatic heterocycles. The van der Waals surface area contributed by atoms with Gasteiger partial charge in [-0.2, -0.15) is 0 Å². The van der Waals surface area contributed by atoms with Gasteiger partial charge in [0.15, 0.2) is 0 Å². The van der Waals surface area contributed by atoms with E-state index in [1.54, 1.807) is 0 Å². The second-order valence-electron chi connectivity index (χ2n) is 4.05. The summed E-state index contributed by atoms with van der Waals surface area (Å²) in [4.78, 5) is 14.9. The number of hydrogen-bond donors (Lipinski definition) is 0. The van der Waals surface area contributed by atoms with Crippen molar-refractivity contribution in [2.45, 2.75) is 25.3 Å². The van der Waals surface area contributed by atoms with Gasteiger partial charge in [0.25, 0.3) is 0 Å². The van der Waals surface area contributed by atoms with Gasteiger partial charge in [0.2, 0.25) is 0 Å². The van der Waals surface area contributed by atoms with Crippen LogP contribution in [0.4, 0.5) is 0 Å². The molecule has 1 aliphatic rings. The van der Waals surface area contributed by atoms with E-state index in [4.69, 9.17) is 0 Å². The minimum absolute atomic E-state index is 0.676. The second-order valence-corrected chi connectivity index (χ2v) is 4.05. The van der Waals surface area contributed by atoms with E-state index < -0.39 is 0 Å². The number of hydrogen-bond acceptors (Lipinski definition) is 3. The minimum atomic E-state index is 0.676. The lowest BCUT2D eigenvalue weighted by atomic mass is 10.2. The highest BCUT2D eigenvalue weighted by molar-refractivity contribution is 5.49. The Balaban J connectivity index is 2.30. The summed E-state index contributed by atoms with van der Waals surface area (Å²) in [6.45, 7) is 3.24. The average molecular weight is 184 g/mol. The van der Waals surface area contributed by atoms with Gasteiger partial charge in [0, 0.05) is 25.6 Å². The highest BCUT2D eigenvalue weighted by atomic mass is 16.1. The fourth-order valence-corrected chi connectivity index (χ4v) is 2.04. The maximum Gasteiger partial charge on any atom is 0.121 e. The molecule has 0 radical (unpaired) electrons. The molecule has 0 amide bonds. The van der Waals surface area contributed by atoms with Crippen molar-refractivity contribution in [1.82, 2.24) is 9.80 Å². The fourth-order valence-electron chi connectivity index (χ4n) is 2.04. The number of likely N-dealkylation sites (tertiary alicyclic amines) is 1. The van der Waals surface area contributed by atoms with E-state index in [1.807, 2.05) is 0 Å². The molecule has 13 heavy (non-hydrogen) atoms. The van der Waals surface area contributed by atoms with E-state index in [0.29, 0.717) is 12.5 Å². The van der Waals surface area contributed by atoms with Gasteiger partial charge in [0.1, 0.15) is 6.29 Å². The fraction of sp³-hybridized carbons (Fsp3) is 0.900. The Morgan fingerprint density at radius 2 is 2.31 bits per heavy atom. The molecule has 0 N–H and O–H groups in total. The third-order valence-corrected chi connectivity index (χ3v) is 2.61. The molecule has 3 nitrogen and oxygen atoms in total. The molecule has 1 aliphatic heterocycles. The number of nitrogens with zero attached hydrogens (tertiary/aromatic N) is 2. The van der Waals surface area contributed by atoms with Gasteiger partial charge < -0.3 is 9.69 Å². The smallest absolute Gasteiger partial charge is 0.121 e. The van der Waals surface area contributed by atoms with Crippen LogP contribution in [0, 0.1) is 0 Å². The van der Waals surface area contributed by atoms with Crippen molar-refractivity contribution in [2.75, 3.05) is 33.7 Å². The molecule has 0 aromatic carbocycles. The average Bonchev–Trinajstić information content (AvgIpc) is 2.48. The number of carbonyl (C=O) groups is 1. The van der Waals surface area contributed by atoms with E-state index in [9.17, 15) is 4.79 Å². The molecule has 0 bridgehead atoms. The monoisotopic (exact) mass is 184 g/mol. The van der Waals surface area contributed by atoms with E-state index >= 15 is 0 Å². The zero-order valence-electron chi connectivity index (χ0n) is 8.70. The Kier molecular flexibility index (Phi) is 4.39. The Morgan fingerprint density at radius 3 is 2.92 bits per heavy atom. The number of carbonyl (C=O) groups excluding carboxylic acids is 1. The van der Waals surface area contributed by atoms with Crippen molar-refractivity contribution in [3.63, 3.8) is 0 Å². The first kappa shape index (κ1) is 10.7. The van der Waals surface area contributed by atoms with Gasteiger partial charge in [-0.15, -0.1) is 0 Å². The summed E-state index contributed by atoms with van der Waals surface area (Å²) in [5, 5.41) is 0. The molecule has 3 heteroatoms. The normalized spacial score (nSPS) is 24.1. The van der Waals surface area contributed by atoms with Crippen molar-refractivity contribution < 1.29 is 4.79 Å². The van der Waals surface area contributed by atoms with Crippen LogP contribution in [0.1, 0.15) is 19.3 Å². The van der Waals surface area contributed by atoms with Gasteiger partial charge in [-0.25, -0.2) is 0 Å². The van der Waals surface area contributed by atoms with Crippen LogP contribution in [0.5, 0.6) is 0 Å². The third kappa shape index (κ3) is 3.44. The number of rotatable bonds is 5. The molecular formula is C10H20N2O. The minimum Gasteiger partial charge on any atom is -0.308 e. The topological polar surface area (TPSA) is 23.6 Å². The maximum absolute atomic E-state index is 10.3. The van der Waals surface area contributed by atoms with E-state index in [-0.39, 0.29) is 0 Å². The zero-order chi connectivity index (χ0) is 9.68. The van der Waals surface area contributed by atoms with Crippen LogP contribution in [-0.2, 0) is 4.79 Å². The SMILES string of the molecule is CN(C)CC1CCCN1CCC=O. The lowest BCUT2D eigenvalue weighted by Gasteiger charge is -2.26. The molecule has 1 rings (SSSR count). The highest BCUT2D eigenvalue weighted by Crippen LogP contribution is 2.17. The van der Waals surface area contributed by atoms with Crippen LogP contribution in [0.3, 0.4) is 0 Å². The van der Waals surface area contributed by atoms with Crippen LogP contribution in [0.2, 0.25) is 0 Å².